The van der Waals surface area contributed by atoms with Gasteiger partial charge in [0.2, 0.25) is 11.8 Å². The van der Waals surface area contributed by atoms with Crippen LogP contribution in [0.4, 0.5) is 5.95 Å². The Kier molecular flexibility index (Phi) is 3.05. The first-order valence-electron chi connectivity index (χ1n) is 3.91. The highest BCUT2D eigenvalue weighted by Gasteiger charge is 2.13. The molecule has 0 fully saturated rings. The van der Waals surface area contributed by atoms with Crippen molar-refractivity contribution in [3.8, 4) is 5.88 Å². The lowest BCUT2D eigenvalue weighted by atomic mass is 10.1. The Hall–Kier alpha value is -1.60. The average molecular weight is 201 g/mol. The minimum absolute atomic E-state index is 0.0965. The molecule has 0 radical (unpaired) electrons. The van der Waals surface area contributed by atoms with Crippen molar-refractivity contribution in [1.82, 2.24) is 9.97 Å². The summed E-state index contributed by atoms with van der Waals surface area (Å²) in [6.45, 7) is -0.497. The zero-order valence-corrected chi connectivity index (χ0v) is 7.27. The molecule has 0 aliphatic carbocycles. The van der Waals surface area contributed by atoms with Crippen LogP contribution < -0.4 is 11.3 Å². The minimum Gasteiger partial charge on any atom is -0.493 e. The highest BCUT2D eigenvalue weighted by atomic mass is 16.3. The lowest BCUT2D eigenvalue weighted by Crippen LogP contribution is -2.23. The van der Waals surface area contributed by atoms with Gasteiger partial charge in [-0.3, -0.25) is 9.78 Å². The highest BCUT2D eigenvalue weighted by Crippen LogP contribution is 2.10. The molecule has 0 spiro atoms. The summed E-state index contributed by atoms with van der Waals surface area (Å²) in [6.07, 6.45) is -1.28. The maximum Gasteiger partial charge on any atom is 0.259 e. The molecule has 78 valence electrons. The Morgan fingerprint density at radius 3 is 2.71 bits per heavy atom. The van der Waals surface area contributed by atoms with Gasteiger partial charge in [-0.2, -0.15) is 4.98 Å². The molecule has 0 aliphatic heterocycles. The number of nitrogens with two attached hydrogens (primary N) is 1. The van der Waals surface area contributed by atoms with Gasteiger partial charge in [-0.25, -0.2) is 0 Å². The van der Waals surface area contributed by atoms with Crippen LogP contribution >= 0.6 is 0 Å². The number of aromatic hydroxyl groups is 1. The van der Waals surface area contributed by atoms with E-state index >= 15 is 0 Å². The first-order valence-corrected chi connectivity index (χ1v) is 3.91. The number of aliphatic hydroxyl groups excluding tert-OH is 2. The molecule has 7 heteroatoms. The van der Waals surface area contributed by atoms with E-state index in [9.17, 15) is 9.90 Å². The molecule has 0 aliphatic rings. The van der Waals surface area contributed by atoms with E-state index in [1.165, 1.54) is 0 Å². The van der Waals surface area contributed by atoms with Crippen molar-refractivity contribution in [2.24, 2.45) is 0 Å². The van der Waals surface area contributed by atoms with Crippen molar-refractivity contribution in [1.29, 1.82) is 0 Å². The molecule has 0 bridgehead atoms. The minimum atomic E-state index is -1.10. The van der Waals surface area contributed by atoms with Crippen molar-refractivity contribution in [2.45, 2.75) is 12.5 Å². The molecule has 1 unspecified atom stereocenters. The number of H-pyrrole nitrogens is 1. The maximum absolute atomic E-state index is 11.2. The van der Waals surface area contributed by atoms with E-state index in [-0.39, 0.29) is 17.9 Å². The molecule has 1 heterocycles. The molecule has 1 atom stereocenters. The van der Waals surface area contributed by atoms with Crippen LogP contribution in [0.1, 0.15) is 5.56 Å². The highest BCUT2D eigenvalue weighted by molar-refractivity contribution is 5.29. The number of aromatic nitrogens is 2. The van der Waals surface area contributed by atoms with Crippen LogP contribution in [-0.2, 0) is 6.42 Å². The van der Waals surface area contributed by atoms with E-state index < -0.39 is 24.2 Å². The Morgan fingerprint density at radius 1 is 1.57 bits per heavy atom. The molecule has 0 amide bonds. The Balaban J connectivity index is 3.03. The predicted octanol–water partition coefficient (Wildman–Crippen LogP) is -2.05. The van der Waals surface area contributed by atoms with E-state index in [4.69, 9.17) is 15.9 Å². The molecule has 1 aromatic heterocycles. The number of hydrogen-bond acceptors (Lipinski definition) is 6. The van der Waals surface area contributed by atoms with Gasteiger partial charge in [0.15, 0.2) is 0 Å². The summed E-state index contributed by atoms with van der Waals surface area (Å²) in [6, 6.07) is 0. The van der Waals surface area contributed by atoms with Crippen molar-refractivity contribution in [3.05, 3.63) is 15.9 Å². The number of nitrogens with zero attached hydrogens (tertiary/aromatic N) is 1. The molecular weight excluding hydrogens is 190 g/mol. The quantitative estimate of drug-likeness (QED) is 0.382. The topological polar surface area (TPSA) is 132 Å². The molecule has 0 aromatic carbocycles. The van der Waals surface area contributed by atoms with Gasteiger partial charge in [-0.15, -0.1) is 0 Å². The molecular formula is C7H11N3O4. The largest absolute Gasteiger partial charge is 0.493 e. The van der Waals surface area contributed by atoms with Gasteiger partial charge < -0.3 is 21.1 Å². The van der Waals surface area contributed by atoms with Crippen LogP contribution in [0.25, 0.3) is 0 Å². The van der Waals surface area contributed by atoms with E-state index in [1.807, 2.05) is 0 Å². The molecule has 14 heavy (non-hydrogen) atoms. The second-order valence-electron chi connectivity index (χ2n) is 2.79. The maximum atomic E-state index is 11.2. The summed E-state index contributed by atoms with van der Waals surface area (Å²) in [5, 5.41) is 26.8. The van der Waals surface area contributed by atoms with Crippen LogP contribution in [-0.4, -0.2) is 38.0 Å². The van der Waals surface area contributed by atoms with E-state index in [1.54, 1.807) is 0 Å². The second-order valence-corrected chi connectivity index (χ2v) is 2.79. The van der Waals surface area contributed by atoms with Crippen LogP contribution in [0.15, 0.2) is 4.79 Å². The fourth-order valence-corrected chi connectivity index (χ4v) is 0.987. The lowest BCUT2D eigenvalue weighted by molar-refractivity contribution is 0.0946. The summed E-state index contributed by atoms with van der Waals surface area (Å²) in [5.41, 5.74) is 4.43. The van der Waals surface area contributed by atoms with Crippen molar-refractivity contribution >= 4 is 5.95 Å². The van der Waals surface area contributed by atoms with Crippen molar-refractivity contribution < 1.29 is 15.3 Å². The van der Waals surface area contributed by atoms with Gasteiger partial charge >= 0.3 is 0 Å². The van der Waals surface area contributed by atoms with Crippen molar-refractivity contribution in [3.63, 3.8) is 0 Å². The number of nitrogen functional groups attached to an aromatic ring is 1. The van der Waals surface area contributed by atoms with Crippen LogP contribution in [0.2, 0.25) is 0 Å². The molecule has 0 saturated carbocycles. The number of nitrogens with one attached hydrogen (secondary N) is 1. The average Bonchev–Trinajstić information content (AvgIpc) is 2.10. The number of rotatable bonds is 3. The van der Waals surface area contributed by atoms with Gasteiger partial charge in [0.25, 0.3) is 5.56 Å². The smallest absolute Gasteiger partial charge is 0.259 e. The van der Waals surface area contributed by atoms with Crippen LogP contribution in [0.3, 0.4) is 0 Å². The summed E-state index contributed by atoms with van der Waals surface area (Å²) in [5.74, 6) is -0.728. The van der Waals surface area contributed by atoms with Gasteiger partial charge in [0.1, 0.15) is 0 Å². The molecule has 0 saturated heterocycles. The third-order valence-corrected chi connectivity index (χ3v) is 1.66. The summed E-state index contributed by atoms with van der Waals surface area (Å²) in [4.78, 5) is 16.8. The summed E-state index contributed by atoms with van der Waals surface area (Å²) < 4.78 is 0. The van der Waals surface area contributed by atoms with Crippen LogP contribution in [0.5, 0.6) is 5.88 Å². The van der Waals surface area contributed by atoms with E-state index in [0.29, 0.717) is 0 Å². The normalized spacial score (nSPS) is 12.7. The molecule has 1 rings (SSSR count). The summed E-state index contributed by atoms with van der Waals surface area (Å²) in [7, 11) is 0. The van der Waals surface area contributed by atoms with Crippen LogP contribution in [0, 0.1) is 0 Å². The Labute approximate surface area is 78.8 Å². The predicted molar refractivity (Wildman–Crippen MR) is 47.7 cm³/mol. The first kappa shape index (κ1) is 10.5. The van der Waals surface area contributed by atoms with Gasteiger partial charge in [0.05, 0.1) is 18.3 Å². The van der Waals surface area contributed by atoms with Gasteiger partial charge in [-0.1, -0.05) is 0 Å². The van der Waals surface area contributed by atoms with Gasteiger partial charge in [-0.05, 0) is 0 Å². The number of aromatic amines is 1. The molecule has 7 nitrogen and oxygen atoms in total. The SMILES string of the molecule is Nc1nc(O)c(CC(O)CO)c(=O)[nH]1. The fraction of sp³-hybridized carbons (Fsp3) is 0.429. The zero-order chi connectivity index (χ0) is 10.7. The molecule has 1 aromatic rings. The Bertz CT molecular complexity index is 376. The third-order valence-electron chi connectivity index (χ3n) is 1.66. The number of hydrogen-bond donors (Lipinski definition) is 5. The van der Waals surface area contributed by atoms with E-state index in [0.717, 1.165) is 0 Å². The Morgan fingerprint density at radius 2 is 2.21 bits per heavy atom. The molecule has 6 N–H and O–H groups in total. The summed E-state index contributed by atoms with van der Waals surface area (Å²) >= 11 is 0. The number of aliphatic hydroxyl groups is 2. The fourth-order valence-electron chi connectivity index (χ4n) is 0.987. The number of anilines is 1. The monoisotopic (exact) mass is 201 g/mol. The second kappa shape index (κ2) is 4.07. The first-order chi connectivity index (χ1) is 6.54. The van der Waals surface area contributed by atoms with Crippen molar-refractivity contribution in [2.75, 3.05) is 12.3 Å². The van der Waals surface area contributed by atoms with Gasteiger partial charge in [0, 0.05) is 6.42 Å². The van der Waals surface area contributed by atoms with E-state index in [2.05, 4.69) is 9.97 Å². The standard InChI is InChI=1S/C7H11N3O4/c8-7-9-5(13)4(6(14)10-7)1-3(12)2-11/h3,11-12H,1-2H2,(H4,8,9,10,13,14). The zero-order valence-electron chi connectivity index (χ0n) is 7.27. The lowest BCUT2D eigenvalue weighted by Gasteiger charge is -2.07. The third kappa shape index (κ3) is 2.21.